The van der Waals surface area contributed by atoms with Gasteiger partial charge in [-0.25, -0.2) is 0 Å². The number of aliphatic hydroxyl groups is 1. The maximum Gasteiger partial charge on any atom is 0.229 e. The van der Waals surface area contributed by atoms with Crippen LogP contribution in [0, 0.1) is 0 Å². The number of nitrogens with one attached hydrogen (secondary N) is 2. The van der Waals surface area contributed by atoms with Crippen LogP contribution in [0.4, 0.5) is 23.3 Å². The van der Waals surface area contributed by atoms with Crippen molar-refractivity contribution in [1.82, 2.24) is 9.97 Å². The molecule has 3 aromatic rings. The van der Waals surface area contributed by atoms with Crippen LogP contribution in [0.5, 0.6) is 5.75 Å². The van der Waals surface area contributed by atoms with Crippen LogP contribution in [0.25, 0.3) is 0 Å². The van der Waals surface area contributed by atoms with Gasteiger partial charge in [0.2, 0.25) is 5.95 Å². The van der Waals surface area contributed by atoms with Crippen molar-refractivity contribution in [3.63, 3.8) is 0 Å². The standard InChI is InChI=1S/C25H32N6O2/c1-17(2)31-16-27-22-23(26-14-18-10-12-20(33-4)13-11-18)28-25(29-24(22)31)30(3)15-21(32)19-8-6-5-7-9-19/h5-13,17,21,27,32H,14-16H2,1-4H3,(H,26,28,29). The Morgan fingerprint density at radius 1 is 1.12 bits per heavy atom. The molecule has 0 amide bonds. The van der Waals surface area contributed by atoms with E-state index in [-0.39, 0.29) is 6.04 Å². The summed E-state index contributed by atoms with van der Waals surface area (Å²) in [7, 11) is 3.57. The molecule has 8 heteroatoms. The van der Waals surface area contributed by atoms with Crippen LogP contribution >= 0.6 is 0 Å². The number of hydrogen-bond donors (Lipinski definition) is 3. The number of fused-ring (bicyclic) bond motifs is 1. The summed E-state index contributed by atoms with van der Waals surface area (Å²) in [6, 6.07) is 17.9. The molecule has 0 spiro atoms. The molecule has 33 heavy (non-hydrogen) atoms. The van der Waals surface area contributed by atoms with Gasteiger partial charge in [-0.15, -0.1) is 0 Å². The summed E-state index contributed by atoms with van der Waals surface area (Å²) in [5.41, 5.74) is 2.89. The number of nitrogens with zero attached hydrogens (tertiary/aromatic N) is 4. The second kappa shape index (κ2) is 9.95. The highest BCUT2D eigenvalue weighted by atomic mass is 16.5. The van der Waals surface area contributed by atoms with Gasteiger partial charge in [0, 0.05) is 19.6 Å². The van der Waals surface area contributed by atoms with Gasteiger partial charge >= 0.3 is 0 Å². The molecule has 1 aliphatic heterocycles. The van der Waals surface area contributed by atoms with E-state index in [1.54, 1.807) is 7.11 Å². The smallest absolute Gasteiger partial charge is 0.229 e. The number of methoxy groups -OCH3 is 1. The molecule has 1 aromatic heterocycles. The molecule has 174 valence electrons. The third kappa shape index (κ3) is 5.12. The Kier molecular flexibility index (Phi) is 6.84. The second-order valence-corrected chi connectivity index (χ2v) is 8.48. The minimum Gasteiger partial charge on any atom is -0.497 e. The van der Waals surface area contributed by atoms with E-state index >= 15 is 0 Å². The van der Waals surface area contributed by atoms with Crippen molar-refractivity contribution < 1.29 is 9.84 Å². The average molecular weight is 449 g/mol. The fourth-order valence-corrected chi connectivity index (χ4v) is 3.82. The van der Waals surface area contributed by atoms with Crippen LogP contribution in [0.3, 0.4) is 0 Å². The molecule has 8 nitrogen and oxygen atoms in total. The topological polar surface area (TPSA) is 85.8 Å². The third-order valence-electron chi connectivity index (χ3n) is 5.79. The predicted octanol–water partition coefficient (Wildman–Crippen LogP) is 3.86. The van der Waals surface area contributed by atoms with Gasteiger partial charge in [0.1, 0.15) is 11.4 Å². The molecular formula is C25H32N6O2. The summed E-state index contributed by atoms with van der Waals surface area (Å²) in [5, 5.41) is 17.6. The average Bonchev–Trinajstić information content (AvgIpc) is 3.28. The number of anilines is 4. The van der Waals surface area contributed by atoms with Crippen molar-refractivity contribution in [3.05, 3.63) is 65.7 Å². The van der Waals surface area contributed by atoms with Crippen LogP contribution in [0.15, 0.2) is 54.6 Å². The molecule has 0 fully saturated rings. The lowest BCUT2D eigenvalue weighted by atomic mass is 10.1. The van der Waals surface area contributed by atoms with Gasteiger partial charge in [-0.3, -0.25) is 0 Å². The third-order valence-corrected chi connectivity index (χ3v) is 5.79. The van der Waals surface area contributed by atoms with Gasteiger partial charge in [0.05, 0.1) is 26.4 Å². The van der Waals surface area contributed by atoms with E-state index in [1.165, 1.54) is 0 Å². The van der Waals surface area contributed by atoms with Gasteiger partial charge in [-0.1, -0.05) is 42.5 Å². The number of likely N-dealkylation sites (N-methyl/N-ethyl adjacent to an activating group) is 1. The SMILES string of the molecule is COc1ccc(CNc2nc(N(C)CC(O)c3ccccc3)nc3c2NCN3C(C)C)cc1. The Labute approximate surface area is 195 Å². The number of rotatable bonds is 9. The van der Waals surface area contributed by atoms with Gasteiger partial charge < -0.3 is 30.3 Å². The largest absolute Gasteiger partial charge is 0.497 e. The van der Waals surface area contributed by atoms with E-state index in [0.29, 0.717) is 25.7 Å². The Morgan fingerprint density at radius 3 is 2.52 bits per heavy atom. The van der Waals surface area contributed by atoms with Crippen LogP contribution in [-0.2, 0) is 6.54 Å². The first kappa shape index (κ1) is 22.7. The molecule has 2 aromatic carbocycles. The lowest BCUT2D eigenvalue weighted by Gasteiger charge is -2.25. The highest BCUT2D eigenvalue weighted by Gasteiger charge is 2.28. The maximum atomic E-state index is 10.7. The summed E-state index contributed by atoms with van der Waals surface area (Å²) in [5.74, 6) is 3.01. The molecule has 0 saturated heterocycles. The molecule has 0 bridgehead atoms. The van der Waals surface area contributed by atoms with E-state index in [1.807, 2.05) is 66.5 Å². The Hall–Kier alpha value is -3.52. The molecule has 2 heterocycles. The van der Waals surface area contributed by atoms with Crippen molar-refractivity contribution in [2.75, 3.05) is 47.8 Å². The fraction of sp³-hybridized carbons (Fsp3) is 0.360. The minimum atomic E-state index is -0.636. The van der Waals surface area contributed by atoms with E-state index < -0.39 is 6.10 Å². The maximum absolute atomic E-state index is 10.7. The molecular weight excluding hydrogens is 416 g/mol. The van der Waals surface area contributed by atoms with Gasteiger partial charge in [-0.05, 0) is 37.1 Å². The van der Waals surface area contributed by atoms with Crippen molar-refractivity contribution in [2.24, 2.45) is 0 Å². The second-order valence-electron chi connectivity index (χ2n) is 8.48. The number of aromatic nitrogens is 2. The normalized spacial score (nSPS) is 13.5. The van der Waals surface area contributed by atoms with E-state index in [9.17, 15) is 5.11 Å². The zero-order valence-corrected chi connectivity index (χ0v) is 19.6. The van der Waals surface area contributed by atoms with Crippen LogP contribution in [0.2, 0.25) is 0 Å². The molecule has 0 radical (unpaired) electrons. The lowest BCUT2D eigenvalue weighted by Crippen LogP contribution is -2.31. The first-order chi connectivity index (χ1) is 16.0. The number of ether oxygens (including phenoxy) is 1. The van der Waals surface area contributed by atoms with Crippen molar-refractivity contribution in [1.29, 1.82) is 0 Å². The summed E-state index contributed by atoms with van der Waals surface area (Å²) in [6.07, 6.45) is -0.636. The zero-order valence-electron chi connectivity index (χ0n) is 19.6. The Bertz CT molecular complexity index is 1060. The summed E-state index contributed by atoms with van der Waals surface area (Å²) < 4.78 is 5.25. The fourth-order valence-electron chi connectivity index (χ4n) is 3.82. The Morgan fingerprint density at radius 2 is 1.85 bits per heavy atom. The molecule has 0 aliphatic carbocycles. The van der Waals surface area contributed by atoms with Crippen LogP contribution in [0.1, 0.15) is 31.1 Å². The molecule has 1 unspecified atom stereocenters. The highest BCUT2D eigenvalue weighted by Crippen LogP contribution is 2.38. The van der Waals surface area contributed by atoms with E-state index in [2.05, 4.69) is 29.4 Å². The molecule has 3 N–H and O–H groups in total. The van der Waals surface area contributed by atoms with Gasteiger partial charge in [0.15, 0.2) is 11.6 Å². The summed E-state index contributed by atoms with van der Waals surface area (Å²) in [4.78, 5) is 13.8. The molecule has 1 atom stereocenters. The first-order valence-corrected chi connectivity index (χ1v) is 11.2. The van der Waals surface area contributed by atoms with E-state index in [4.69, 9.17) is 14.7 Å². The monoisotopic (exact) mass is 448 g/mol. The van der Waals surface area contributed by atoms with Crippen LogP contribution < -0.4 is 25.2 Å². The van der Waals surface area contributed by atoms with E-state index in [0.717, 1.165) is 34.2 Å². The zero-order chi connectivity index (χ0) is 23.4. The molecule has 4 rings (SSSR count). The first-order valence-electron chi connectivity index (χ1n) is 11.2. The number of benzene rings is 2. The number of hydrogen-bond acceptors (Lipinski definition) is 8. The van der Waals surface area contributed by atoms with Crippen molar-refractivity contribution in [3.8, 4) is 5.75 Å². The highest BCUT2D eigenvalue weighted by molar-refractivity contribution is 5.83. The van der Waals surface area contributed by atoms with Crippen molar-refractivity contribution >= 4 is 23.3 Å². The summed E-state index contributed by atoms with van der Waals surface area (Å²) >= 11 is 0. The predicted molar refractivity (Wildman–Crippen MR) is 133 cm³/mol. The van der Waals surface area contributed by atoms with Gasteiger partial charge in [-0.2, -0.15) is 9.97 Å². The van der Waals surface area contributed by atoms with Crippen molar-refractivity contribution in [2.45, 2.75) is 32.5 Å². The molecule has 0 saturated carbocycles. The Balaban J connectivity index is 1.58. The number of aliphatic hydroxyl groups excluding tert-OH is 1. The minimum absolute atomic E-state index is 0.288. The van der Waals surface area contributed by atoms with Crippen LogP contribution in [-0.4, -0.2) is 48.5 Å². The quantitative estimate of drug-likeness (QED) is 0.455. The van der Waals surface area contributed by atoms with Gasteiger partial charge in [0.25, 0.3) is 0 Å². The summed E-state index contributed by atoms with van der Waals surface area (Å²) in [6.45, 7) is 5.97. The molecule has 1 aliphatic rings. The lowest BCUT2D eigenvalue weighted by molar-refractivity contribution is 0.184.